The van der Waals surface area contributed by atoms with Crippen LogP contribution in [0, 0.1) is 0 Å². The summed E-state index contributed by atoms with van der Waals surface area (Å²) in [4.78, 5) is 2.38. The van der Waals surface area contributed by atoms with Gasteiger partial charge in [0, 0.05) is 42.6 Å². The molecule has 0 aliphatic heterocycles. The molecule has 9 aromatic carbocycles. The van der Waals surface area contributed by atoms with Gasteiger partial charge in [-0.05, 0) is 91.3 Å². The Kier molecular flexibility index (Phi) is 6.12. The molecule has 0 bridgehead atoms. The van der Waals surface area contributed by atoms with Crippen molar-refractivity contribution in [1.29, 1.82) is 0 Å². The Hall–Kier alpha value is -5.96. The summed E-state index contributed by atoms with van der Waals surface area (Å²) in [6, 6.07) is 64.5. The van der Waals surface area contributed by atoms with Crippen LogP contribution in [-0.4, -0.2) is 0 Å². The van der Waals surface area contributed by atoms with Crippen LogP contribution in [0.2, 0.25) is 0 Å². The monoisotopic (exact) mass is 627 g/mol. The Labute approximate surface area is 282 Å². The van der Waals surface area contributed by atoms with Gasteiger partial charge in [0.25, 0.3) is 0 Å². The third kappa shape index (κ3) is 4.31. The largest absolute Gasteiger partial charge is 0.310 e. The van der Waals surface area contributed by atoms with Gasteiger partial charge >= 0.3 is 0 Å². The molecule has 10 rings (SSSR count). The molecule has 0 atom stereocenters. The predicted molar refractivity (Wildman–Crippen MR) is 209 cm³/mol. The van der Waals surface area contributed by atoms with Crippen LogP contribution in [0.1, 0.15) is 0 Å². The Morgan fingerprint density at radius 1 is 0.333 bits per heavy atom. The number of hydrogen-bond acceptors (Lipinski definition) is 2. The predicted octanol–water partition coefficient (Wildman–Crippen LogP) is 13.8. The van der Waals surface area contributed by atoms with Gasteiger partial charge in [0.15, 0.2) is 0 Å². The maximum absolute atomic E-state index is 2.38. The average molecular weight is 628 g/mol. The molecule has 224 valence electrons. The van der Waals surface area contributed by atoms with Crippen LogP contribution in [0.4, 0.5) is 17.1 Å². The molecule has 0 amide bonds. The summed E-state index contributed by atoms with van der Waals surface area (Å²) in [5.74, 6) is 0. The first-order valence-electron chi connectivity index (χ1n) is 16.4. The summed E-state index contributed by atoms with van der Waals surface area (Å²) in [5, 5.41) is 12.9. The van der Waals surface area contributed by atoms with E-state index in [0.29, 0.717) is 0 Å². The zero-order valence-corrected chi connectivity index (χ0v) is 26.9. The van der Waals surface area contributed by atoms with Gasteiger partial charge in [0.1, 0.15) is 0 Å². The smallest absolute Gasteiger partial charge is 0.0468 e. The highest BCUT2D eigenvalue weighted by Crippen LogP contribution is 2.43. The lowest BCUT2D eigenvalue weighted by Crippen LogP contribution is -2.10. The van der Waals surface area contributed by atoms with Crippen LogP contribution in [0.25, 0.3) is 74.4 Å². The molecule has 0 saturated heterocycles. The standard InChI is InChI=1S/C46H29NS/c1-2-8-30(9-3-1)32-16-20-36(21-17-32)47(37-22-18-31-10-4-5-11-34(31)28-37)38-23-25-39-35(29-38)15-14-33-19-24-43-41(45(33)39)26-27-42-40-12-6-7-13-44(40)48-46(42)43/h1-29H. The molecule has 0 radical (unpaired) electrons. The Balaban J connectivity index is 1.16. The molecule has 1 heterocycles. The Bertz CT molecular complexity index is 2830. The second kappa shape index (κ2) is 10.8. The fourth-order valence-corrected chi connectivity index (χ4v) is 8.71. The summed E-state index contributed by atoms with van der Waals surface area (Å²) in [6.07, 6.45) is 0. The van der Waals surface area contributed by atoms with Crippen LogP contribution >= 0.6 is 11.3 Å². The zero-order valence-electron chi connectivity index (χ0n) is 26.1. The first kappa shape index (κ1) is 27.2. The minimum absolute atomic E-state index is 1.13. The van der Waals surface area contributed by atoms with Gasteiger partial charge in [0.05, 0.1) is 0 Å². The Morgan fingerprint density at radius 3 is 1.77 bits per heavy atom. The number of hydrogen-bond donors (Lipinski definition) is 0. The molecule has 48 heavy (non-hydrogen) atoms. The lowest BCUT2D eigenvalue weighted by molar-refractivity contribution is 1.29. The van der Waals surface area contributed by atoms with Gasteiger partial charge in [-0.25, -0.2) is 0 Å². The molecule has 0 aliphatic carbocycles. The quantitative estimate of drug-likeness (QED) is 0.176. The van der Waals surface area contributed by atoms with Crippen LogP contribution < -0.4 is 4.90 Å². The summed E-state index contributed by atoms with van der Waals surface area (Å²) < 4.78 is 2.71. The van der Waals surface area contributed by atoms with Gasteiger partial charge < -0.3 is 4.90 Å². The van der Waals surface area contributed by atoms with E-state index in [1.54, 1.807) is 0 Å². The number of nitrogens with zero attached hydrogens (tertiary/aromatic N) is 1. The fraction of sp³-hybridized carbons (Fsp3) is 0. The lowest BCUT2D eigenvalue weighted by atomic mass is 9.95. The van der Waals surface area contributed by atoms with E-state index < -0.39 is 0 Å². The second-order valence-corrected chi connectivity index (χ2v) is 13.6. The van der Waals surface area contributed by atoms with Gasteiger partial charge in [-0.15, -0.1) is 11.3 Å². The van der Waals surface area contributed by atoms with Crippen molar-refractivity contribution in [2.45, 2.75) is 0 Å². The minimum atomic E-state index is 1.13. The zero-order chi connectivity index (χ0) is 31.6. The highest BCUT2D eigenvalue weighted by molar-refractivity contribution is 7.26. The highest BCUT2D eigenvalue weighted by atomic mass is 32.1. The lowest BCUT2D eigenvalue weighted by Gasteiger charge is -2.26. The van der Waals surface area contributed by atoms with E-state index in [-0.39, 0.29) is 0 Å². The van der Waals surface area contributed by atoms with Crippen molar-refractivity contribution in [2.24, 2.45) is 0 Å². The molecule has 1 aromatic heterocycles. The molecule has 0 unspecified atom stereocenters. The van der Waals surface area contributed by atoms with Crippen LogP contribution in [-0.2, 0) is 0 Å². The van der Waals surface area contributed by atoms with Crippen LogP contribution in [0.15, 0.2) is 176 Å². The molecule has 0 fully saturated rings. The fourth-order valence-electron chi connectivity index (χ4n) is 7.48. The third-order valence-electron chi connectivity index (χ3n) is 9.80. The number of anilines is 3. The molecule has 10 aromatic rings. The molecule has 0 spiro atoms. The maximum Gasteiger partial charge on any atom is 0.0468 e. The van der Waals surface area contributed by atoms with Gasteiger partial charge in [-0.3, -0.25) is 0 Å². The van der Waals surface area contributed by atoms with E-state index in [1.807, 2.05) is 11.3 Å². The Morgan fingerprint density at radius 2 is 0.896 bits per heavy atom. The SMILES string of the molecule is c1ccc(-c2ccc(N(c3ccc4ccccc4c3)c3ccc4c(ccc5ccc6c(ccc7c8ccccc8sc76)c54)c3)cc2)cc1. The number of benzene rings is 9. The van der Waals surface area contributed by atoms with Crippen molar-refractivity contribution in [1.82, 2.24) is 0 Å². The number of fused-ring (bicyclic) bond motifs is 10. The summed E-state index contributed by atoms with van der Waals surface area (Å²) in [6.45, 7) is 0. The topological polar surface area (TPSA) is 3.24 Å². The summed E-state index contributed by atoms with van der Waals surface area (Å²) in [5.41, 5.74) is 5.83. The highest BCUT2D eigenvalue weighted by Gasteiger charge is 2.16. The van der Waals surface area contributed by atoms with Crippen molar-refractivity contribution in [3.63, 3.8) is 0 Å². The second-order valence-electron chi connectivity index (χ2n) is 12.6. The molecule has 1 nitrogen and oxygen atoms in total. The first-order valence-corrected chi connectivity index (χ1v) is 17.2. The first-order chi connectivity index (χ1) is 23.8. The third-order valence-corrected chi connectivity index (χ3v) is 11.0. The van der Waals surface area contributed by atoms with Gasteiger partial charge in [0.2, 0.25) is 0 Å². The van der Waals surface area contributed by atoms with Crippen molar-refractivity contribution in [3.8, 4) is 11.1 Å². The van der Waals surface area contributed by atoms with Crippen molar-refractivity contribution in [2.75, 3.05) is 4.90 Å². The van der Waals surface area contributed by atoms with Crippen molar-refractivity contribution >= 4 is 91.7 Å². The van der Waals surface area contributed by atoms with E-state index in [1.165, 1.54) is 74.4 Å². The van der Waals surface area contributed by atoms with E-state index in [4.69, 9.17) is 0 Å². The minimum Gasteiger partial charge on any atom is -0.310 e. The molecule has 2 heteroatoms. The van der Waals surface area contributed by atoms with Crippen LogP contribution in [0.5, 0.6) is 0 Å². The maximum atomic E-state index is 2.38. The molecular formula is C46H29NS. The number of rotatable bonds is 4. The van der Waals surface area contributed by atoms with E-state index in [0.717, 1.165) is 17.1 Å². The van der Waals surface area contributed by atoms with Crippen molar-refractivity contribution in [3.05, 3.63) is 176 Å². The van der Waals surface area contributed by atoms with Gasteiger partial charge in [-0.2, -0.15) is 0 Å². The van der Waals surface area contributed by atoms with Gasteiger partial charge in [-0.1, -0.05) is 133 Å². The molecule has 0 saturated carbocycles. The summed E-state index contributed by atoms with van der Waals surface area (Å²) >= 11 is 1.90. The van der Waals surface area contributed by atoms with E-state index in [2.05, 4.69) is 181 Å². The van der Waals surface area contributed by atoms with E-state index >= 15 is 0 Å². The molecular weight excluding hydrogens is 599 g/mol. The van der Waals surface area contributed by atoms with Crippen molar-refractivity contribution < 1.29 is 0 Å². The molecule has 0 N–H and O–H groups in total. The van der Waals surface area contributed by atoms with Crippen LogP contribution in [0.3, 0.4) is 0 Å². The summed E-state index contributed by atoms with van der Waals surface area (Å²) in [7, 11) is 0. The average Bonchev–Trinajstić information content (AvgIpc) is 3.54. The van der Waals surface area contributed by atoms with E-state index in [9.17, 15) is 0 Å². The molecule has 0 aliphatic rings. The normalized spacial score (nSPS) is 11.8. The number of thiophene rings is 1.